The maximum absolute atomic E-state index is 6.55. The van der Waals surface area contributed by atoms with Crippen LogP contribution in [0, 0.1) is 0 Å². The van der Waals surface area contributed by atoms with Gasteiger partial charge in [0.25, 0.3) is 0 Å². The van der Waals surface area contributed by atoms with E-state index < -0.39 is 0 Å². The van der Waals surface area contributed by atoms with Gasteiger partial charge in [-0.3, -0.25) is 0 Å². The van der Waals surface area contributed by atoms with Crippen molar-refractivity contribution in [2.45, 2.75) is 0 Å². The lowest BCUT2D eigenvalue weighted by Gasteiger charge is -2.29. The smallest absolute Gasteiger partial charge is 0.136 e. The van der Waals surface area contributed by atoms with E-state index in [1.807, 2.05) is 6.07 Å². The van der Waals surface area contributed by atoms with Crippen molar-refractivity contribution < 1.29 is 4.42 Å². The largest absolute Gasteiger partial charge is 0.456 e. The minimum Gasteiger partial charge on any atom is -0.456 e. The summed E-state index contributed by atoms with van der Waals surface area (Å²) in [7, 11) is 0. The second kappa shape index (κ2) is 14.1. The Balaban J connectivity index is 1.14. The van der Waals surface area contributed by atoms with E-state index in [9.17, 15) is 0 Å². The molecule has 11 aromatic rings. The third-order valence-corrected chi connectivity index (χ3v) is 11.5. The molecule has 0 fully saturated rings. The Kier molecular flexibility index (Phi) is 8.19. The molecule has 0 radical (unpaired) electrons. The highest BCUT2D eigenvalue weighted by atomic mass is 16.3. The SMILES string of the molecule is c1ccc(-c2ccc(N(c3ccc(-c4cc5ccccc5c5ccccc45)cc3)c3ccc4oc5ccccc5c4c3-c3cccc(-c4ccccc4)c3)cc2)cc1. The van der Waals surface area contributed by atoms with E-state index in [1.165, 1.54) is 54.9 Å². The van der Waals surface area contributed by atoms with Crippen molar-refractivity contribution in [1.82, 2.24) is 0 Å². The molecule has 10 aromatic carbocycles. The van der Waals surface area contributed by atoms with Crippen LogP contribution < -0.4 is 4.90 Å². The van der Waals surface area contributed by atoms with Crippen molar-refractivity contribution in [3.63, 3.8) is 0 Å². The molecule has 0 N–H and O–H groups in total. The van der Waals surface area contributed by atoms with Gasteiger partial charge >= 0.3 is 0 Å². The van der Waals surface area contributed by atoms with Crippen LogP contribution in [0.5, 0.6) is 0 Å². The van der Waals surface area contributed by atoms with Crippen molar-refractivity contribution in [1.29, 1.82) is 0 Å². The minimum atomic E-state index is 0.864. The van der Waals surface area contributed by atoms with Crippen LogP contribution in [0.1, 0.15) is 0 Å². The molecule has 2 nitrogen and oxygen atoms in total. The number of hydrogen-bond donors (Lipinski definition) is 0. The van der Waals surface area contributed by atoms with E-state index in [0.29, 0.717) is 0 Å². The van der Waals surface area contributed by atoms with Crippen LogP contribution in [0.15, 0.2) is 229 Å². The average molecular weight is 740 g/mol. The zero-order valence-electron chi connectivity index (χ0n) is 31.7. The fourth-order valence-corrected chi connectivity index (χ4v) is 8.71. The average Bonchev–Trinajstić information content (AvgIpc) is 3.69. The molecule has 0 spiro atoms. The van der Waals surface area contributed by atoms with Crippen LogP contribution in [0.2, 0.25) is 0 Å². The second-order valence-corrected chi connectivity index (χ2v) is 14.9. The van der Waals surface area contributed by atoms with Gasteiger partial charge in [0.05, 0.1) is 5.69 Å². The molecule has 1 aromatic heterocycles. The lowest BCUT2D eigenvalue weighted by molar-refractivity contribution is 0.669. The van der Waals surface area contributed by atoms with Gasteiger partial charge in [0.2, 0.25) is 0 Å². The van der Waals surface area contributed by atoms with Crippen molar-refractivity contribution in [3.05, 3.63) is 224 Å². The van der Waals surface area contributed by atoms with Crippen molar-refractivity contribution in [2.75, 3.05) is 4.90 Å². The summed E-state index contributed by atoms with van der Waals surface area (Å²) in [5, 5.41) is 7.22. The number of rotatable bonds is 7. The van der Waals surface area contributed by atoms with Crippen LogP contribution >= 0.6 is 0 Å². The molecule has 58 heavy (non-hydrogen) atoms. The normalized spacial score (nSPS) is 11.4. The van der Waals surface area contributed by atoms with Gasteiger partial charge in [-0.05, 0) is 115 Å². The zero-order chi connectivity index (χ0) is 38.4. The Morgan fingerprint density at radius 3 is 1.57 bits per heavy atom. The predicted molar refractivity (Wildman–Crippen MR) is 245 cm³/mol. The molecule has 1 heterocycles. The number of anilines is 3. The van der Waals surface area contributed by atoms with Crippen molar-refractivity contribution >= 4 is 60.5 Å². The van der Waals surface area contributed by atoms with Gasteiger partial charge in [0.1, 0.15) is 11.2 Å². The Labute approximate surface area is 337 Å². The second-order valence-electron chi connectivity index (χ2n) is 14.9. The number of furan rings is 1. The van der Waals surface area contributed by atoms with Gasteiger partial charge in [-0.1, -0.05) is 170 Å². The van der Waals surface area contributed by atoms with E-state index in [2.05, 4.69) is 223 Å². The molecule has 0 aliphatic carbocycles. The molecule has 11 rings (SSSR count). The lowest BCUT2D eigenvalue weighted by atomic mass is 9.92. The monoisotopic (exact) mass is 739 g/mol. The molecule has 0 saturated carbocycles. The fraction of sp³-hybridized carbons (Fsp3) is 0. The van der Waals surface area contributed by atoms with Gasteiger partial charge < -0.3 is 9.32 Å². The van der Waals surface area contributed by atoms with E-state index in [-0.39, 0.29) is 0 Å². The molecule has 2 heteroatoms. The third-order valence-electron chi connectivity index (χ3n) is 11.5. The number of hydrogen-bond acceptors (Lipinski definition) is 2. The van der Waals surface area contributed by atoms with Crippen LogP contribution in [0.25, 0.3) is 88.0 Å². The van der Waals surface area contributed by atoms with Gasteiger partial charge in [-0.2, -0.15) is 0 Å². The van der Waals surface area contributed by atoms with Gasteiger partial charge in [0.15, 0.2) is 0 Å². The van der Waals surface area contributed by atoms with Crippen molar-refractivity contribution in [3.8, 4) is 44.5 Å². The van der Waals surface area contributed by atoms with E-state index >= 15 is 0 Å². The molecule has 0 atom stereocenters. The lowest BCUT2D eigenvalue weighted by Crippen LogP contribution is -2.11. The molecule has 0 aliphatic heterocycles. The molecule has 0 aliphatic rings. The first-order valence-electron chi connectivity index (χ1n) is 19.8. The summed E-state index contributed by atoms with van der Waals surface area (Å²) in [6, 6.07) is 80.7. The van der Waals surface area contributed by atoms with Crippen LogP contribution in [-0.2, 0) is 0 Å². The number of benzene rings is 10. The van der Waals surface area contributed by atoms with E-state index in [1.54, 1.807) is 0 Å². The van der Waals surface area contributed by atoms with Crippen LogP contribution in [0.3, 0.4) is 0 Å². The molecular weight excluding hydrogens is 703 g/mol. The minimum absolute atomic E-state index is 0.864. The number of fused-ring (bicyclic) bond motifs is 6. The van der Waals surface area contributed by atoms with Crippen LogP contribution in [0.4, 0.5) is 17.1 Å². The molecule has 0 amide bonds. The first-order chi connectivity index (χ1) is 28.8. The Morgan fingerprint density at radius 2 is 0.845 bits per heavy atom. The Morgan fingerprint density at radius 1 is 0.310 bits per heavy atom. The Hall–Kier alpha value is -7.68. The van der Waals surface area contributed by atoms with Gasteiger partial charge in [-0.25, -0.2) is 0 Å². The maximum atomic E-state index is 6.55. The summed E-state index contributed by atoms with van der Waals surface area (Å²) in [6.07, 6.45) is 0. The molecule has 0 unspecified atom stereocenters. The zero-order valence-corrected chi connectivity index (χ0v) is 31.7. The number of para-hydroxylation sites is 1. The first kappa shape index (κ1) is 33.6. The summed E-state index contributed by atoms with van der Waals surface area (Å²) < 4.78 is 6.55. The summed E-state index contributed by atoms with van der Waals surface area (Å²) >= 11 is 0. The van der Waals surface area contributed by atoms with E-state index in [0.717, 1.165) is 50.1 Å². The molecule has 272 valence electrons. The quantitative estimate of drug-likeness (QED) is 0.151. The highest BCUT2D eigenvalue weighted by Crippen LogP contribution is 2.48. The summed E-state index contributed by atoms with van der Waals surface area (Å²) in [5.74, 6) is 0. The fourth-order valence-electron chi connectivity index (χ4n) is 8.71. The highest BCUT2D eigenvalue weighted by molar-refractivity contribution is 6.17. The third kappa shape index (κ3) is 5.82. The summed E-state index contributed by atoms with van der Waals surface area (Å²) in [4.78, 5) is 2.41. The van der Waals surface area contributed by atoms with Crippen LogP contribution in [-0.4, -0.2) is 0 Å². The summed E-state index contributed by atoms with van der Waals surface area (Å²) in [5.41, 5.74) is 14.3. The standard InChI is InChI=1S/C56H37NO/c1-3-14-38(15-4-1)40-26-30-45(31-27-40)57(46-32-28-41(29-33-46)51-37-43-18-7-8-21-47(43)48-22-9-10-23-49(48)51)52-34-35-54-56(50-24-11-12-25-53(50)58-54)55(52)44-20-13-19-42(36-44)39-16-5-2-6-17-39/h1-37H. The summed E-state index contributed by atoms with van der Waals surface area (Å²) in [6.45, 7) is 0. The molecule has 0 saturated heterocycles. The topological polar surface area (TPSA) is 16.4 Å². The van der Waals surface area contributed by atoms with Gasteiger partial charge in [-0.15, -0.1) is 0 Å². The first-order valence-corrected chi connectivity index (χ1v) is 19.8. The van der Waals surface area contributed by atoms with E-state index in [4.69, 9.17) is 4.42 Å². The number of nitrogens with zero attached hydrogens (tertiary/aromatic N) is 1. The Bertz CT molecular complexity index is 3250. The molecular formula is C56H37NO. The maximum Gasteiger partial charge on any atom is 0.136 e. The highest BCUT2D eigenvalue weighted by Gasteiger charge is 2.23. The molecule has 0 bridgehead atoms. The predicted octanol–water partition coefficient (Wildman–Crippen LogP) is 16.0. The van der Waals surface area contributed by atoms with Gasteiger partial charge in [0, 0.05) is 27.7 Å². The van der Waals surface area contributed by atoms with Crippen molar-refractivity contribution in [2.24, 2.45) is 0 Å².